The van der Waals surface area contributed by atoms with Gasteiger partial charge in [0.2, 0.25) is 11.9 Å². The first-order valence-electron chi connectivity index (χ1n) is 10.4. The average Bonchev–Trinajstić information content (AvgIpc) is 3.17. The number of nitrogens with zero attached hydrogens (tertiary/aromatic N) is 5. The highest BCUT2D eigenvalue weighted by molar-refractivity contribution is 5.57. The van der Waals surface area contributed by atoms with E-state index in [0.717, 1.165) is 24.3 Å². The predicted molar refractivity (Wildman–Crippen MR) is 113 cm³/mol. The summed E-state index contributed by atoms with van der Waals surface area (Å²) < 4.78 is 78.2. The van der Waals surface area contributed by atoms with Crippen molar-refractivity contribution in [1.82, 2.24) is 24.8 Å². The standard InChI is InChI=1S/C21H19F6N7O/c22-20(23,24)12-3-1-4-13(9-12)28-18-31-17(11-34-8-7-14(35)10-34)32-19(33-18)30-16-6-2-5-15(29-16)21(25,26)27/h1-6,9,14,35H,7-8,10-11H2,(H2,28,29,30,31,32,33). The van der Waals surface area contributed by atoms with E-state index in [-0.39, 0.29) is 35.8 Å². The minimum Gasteiger partial charge on any atom is -0.392 e. The third-order valence-corrected chi connectivity index (χ3v) is 5.02. The molecule has 3 N–H and O–H groups in total. The third-order valence-electron chi connectivity index (χ3n) is 5.02. The van der Waals surface area contributed by atoms with Gasteiger partial charge in [-0.1, -0.05) is 12.1 Å². The monoisotopic (exact) mass is 499 g/mol. The maximum Gasteiger partial charge on any atom is 0.433 e. The molecule has 2 aromatic heterocycles. The maximum absolute atomic E-state index is 13.1. The number of benzene rings is 1. The number of likely N-dealkylation sites (tertiary alicyclic amines) is 1. The zero-order valence-corrected chi connectivity index (χ0v) is 17.9. The van der Waals surface area contributed by atoms with Gasteiger partial charge >= 0.3 is 12.4 Å². The van der Waals surface area contributed by atoms with Crippen molar-refractivity contribution in [3.05, 3.63) is 59.5 Å². The number of aliphatic hydroxyl groups excluding tert-OH is 1. The van der Waals surface area contributed by atoms with Crippen LogP contribution < -0.4 is 10.6 Å². The van der Waals surface area contributed by atoms with E-state index in [1.807, 2.05) is 4.90 Å². The van der Waals surface area contributed by atoms with Crippen molar-refractivity contribution >= 4 is 23.4 Å². The van der Waals surface area contributed by atoms with Gasteiger partial charge in [-0.2, -0.15) is 41.3 Å². The summed E-state index contributed by atoms with van der Waals surface area (Å²) in [5.41, 5.74) is -1.95. The first-order valence-corrected chi connectivity index (χ1v) is 10.4. The van der Waals surface area contributed by atoms with Crippen LogP contribution in [0.15, 0.2) is 42.5 Å². The van der Waals surface area contributed by atoms with Crippen LogP contribution in [-0.2, 0) is 18.9 Å². The lowest BCUT2D eigenvalue weighted by atomic mass is 10.2. The molecule has 0 aliphatic carbocycles. The van der Waals surface area contributed by atoms with E-state index in [1.54, 1.807) is 0 Å². The van der Waals surface area contributed by atoms with E-state index in [4.69, 9.17) is 0 Å². The molecule has 4 rings (SSSR count). The largest absolute Gasteiger partial charge is 0.433 e. The summed E-state index contributed by atoms with van der Waals surface area (Å²) >= 11 is 0. The van der Waals surface area contributed by atoms with Crippen LogP contribution >= 0.6 is 0 Å². The molecule has 1 saturated heterocycles. The van der Waals surface area contributed by atoms with Gasteiger partial charge in [-0.3, -0.25) is 4.90 Å². The highest BCUT2D eigenvalue weighted by Crippen LogP contribution is 2.31. The SMILES string of the molecule is OC1CCN(Cc2nc(Nc3cccc(C(F)(F)F)c3)nc(Nc3cccc(C(F)(F)F)n3)n2)C1. The van der Waals surface area contributed by atoms with Gasteiger partial charge in [-0.05, 0) is 36.8 Å². The van der Waals surface area contributed by atoms with Crippen LogP contribution in [0.5, 0.6) is 0 Å². The van der Waals surface area contributed by atoms with Gasteiger partial charge in [0.05, 0.1) is 18.2 Å². The molecule has 1 atom stereocenters. The van der Waals surface area contributed by atoms with E-state index < -0.39 is 29.7 Å². The van der Waals surface area contributed by atoms with E-state index in [9.17, 15) is 31.4 Å². The Morgan fingerprint density at radius 3 is 2.26 bits per heavy atom. The zero-order valence-electron chi connectivity index (χ0n) is 17.9. The topological polar surface area (TPSA) is 99.1 Å². The average molecular weight is 499 g/mol. The summed E-state index contributed by atoms with van der Waals surface area (Å²) in [5, 5.41) is 15.0. The van der Waals surface area contributed by atoms with E-state index in [0.29, 0.717) is 19.5 Å². The van der Waals surface area contributed by atoms with Gasteiger partial charge in [0, 0.05) is 18.8 Å². The molecule has 3 heterocycles. The molecule has 3 aromatic rings. The van der Waals surface area contributed by atoms with E-state index >= 15 is 0 Å². The van der Waals surface area contributed by atoms with Crippen molar-refractivity contribution in [1.29, 1.82) is 0 Å². The fourth-order valence-corrected chi connectivity index (χ4v) is 3.44. The highest BCUT2D eigenvalue weighted by Gasteiger charge is 2.33. The molecule has 0 saturated carbocycles. The maximum atomic E-state index is 13.1. The first-order chi connectivity index (χ1) is 16.5. The Morgan fingerprint density at radius 2 is 1.60 bits per heavy atom. The van der Waals surface area contributed by atoms with Crippen LogP contribution in [0.4, 0.5) is 49.7 Å². The van der Waals surface area contributed by atoms with Gasteiger partial charge in [-0.15, -0.1) is 0 Å². The van der Waals surface area contributed by atoms with Crippen LogP contribution in [0.25, 0.3) is 0 Å². The molecule has 0 spiro atoms. The molecule has 1 aliphatic rings. The number of β-amino-alcohol motifs (C(OH)–C–C–N with tert-alkyl or cyclic N) is 1. The molecule has 0 bridgehead atoms. The van der Waals surface area contributed by atoms with Gasteiger partial charge in [-0.25, -0.2) is 4.98 Å². The Morgan fingerprint density at radius 1 is 0.886 bits per heavy atom. The first kappa shape index (κ1) is 24.6. The van der Waals surface area contributed by atoms with Gasteiger partial charge < -0.3 is 15.7 Å². The Kier molecular flexibility index (Phi) is 6.76. The summed E-state index contributed by atoms with van der Waals surface area (Å²) in [6.07, 6.45) is -9.17. The second-order valence-electron chi connectivity index (χ2n) is 7.81. The van der Waals surface area contributed by atoms with Crippen molar-refractivity contribution in [3.63, 3.8) is 0 Å². The van der Waals surface area contributed by atoms with Gasteiger partial charge in [0.25, 0.3) is 0 Å². The molecule has 35 heavy (non-hydrogen) atoms. The minimum atomic E-state index is -4.66. The number of aliphatic hydroxyl groups is 1. The highest BCUT2D eigenvalue weighted by atomic mass is 19.4. The number of nitrogens with one attached hydrogen (secondary N) is 2. The Balaban J connectivity index is 1.63. The van der Waals surface area contributed by atoms with Crippen LogP contribution in [-0.4, -0.2) is 49.1 Å². The lowest BCUT2D eigenvalue weighted by Crippen LogP contribution is -2.23. The van der Waals surface area contributed by atoms with Crippen LogP contribution in [0.2, 0.25) is 0 Å². The molecule has 1 aliphatic heterocycles. The smallest absolute Gasteiger partial charge is 0.392 e. The van der Waals surface area contributed by atoms with Crippen LogP contribution in [0.3, 0.4) is 0 Å². The normalized spacial score (nSPS) is 16.9. The number of halogens is 6. The summed E-state index contributed by atoms with van der Waals surface area (Å²) in [6, 6.07) is 7.64. The number of hydrogen-bond donors (Lipinski definition) is 3. The minimum absolute atomic E-state index is 0.0525. The molecule has 1 unspecified atom stereocenters. The van der Waals surface area contributed by atoms with Crippen molar-refractivity contribution in [2.24, 2.45) is 0 Å². The summed E-state index contributed by atoms with van der Waals surface area (Å²) in [4.78, 5) is 17.9. The fourth-order valence-electron chi connectivity index (χ4n) is 3.44. The number of hydrogen-bond acceptors (Lipinski definition) is 8. The lowest BCUT2D eigenvalue weighted by molar-refractivity contribution is -0.141. The molecule has 0 radical (unpaired) electrons. The molecule has 14 heteroatoms. The Bertz CT molecular complexity index is 1110. The molecule has 186 valence electrons. The van der Waals surface area contributed by atoms with Gasteiger partial charge in [0.1, 0.15) is 17.3 Å². The van der Waals surface area contributed by atoms with Crippen LogP contribution in [0, 0.1) is 0 Å². The number of pyridine rings is 1. The van der Waals surface area contributed by atoms with E-state index in [2.05, 4.69) is 30.6 Å². The fraction of sp³-hybridized carbons (Fsp3) is 0.333. The third kappa shape index (κ3) is 6.54. The Hall–Kier alpha value is -3.52. The summed E-state index contributed by atoms with van der Waals surface area (Å²) in [7, 11) is 0. The van der Waals surface area contributed by atoms with Crippen molar-refractivity contribution in [2.45, 2.75) is 31.4 Å². The van der Waals surface area contributed by atoms with E-state index in [1.165, 1.54) is 18.2 Å². The van der Waals surface area contributed by atoms with Crippen molar-refractivity contribution < 1.29 is 31.4 Å². The number of anilines is 4. The molecule has 1 fully saturated rings. The second kappa shape index (κ2) is 9.62. The molecular weight excluding hydrogens is 480 g/mol. The Labute approximate surface area is 195 Å². The molecule has 8 nitrogen and oxygen atoms in total. The number of rotatable bonds is 6. The van der Waals surface area contributed by atoms with Crippen molar-refractivity contribution in [2.75, 3.05) is 23.7 Å². The predicted octanol–water partition coefficient (Wildman–Crippen LogP) is 4.36. The van der Waals surface area contributed by atoms with Gasteiger partial charge in [0.15, 0.2) is 0 Å². The molecule has 1 aromatic carbocycles. The summed E-state index contributed by atoms with van der Waals surface area (Å²) in [5.74, 6) is -0.267. The number of aromatic nitrogens is 4. The number of alkyl halides is 6. The molecule has 0 amide bonds. The lowest BCUT2D eigenvalue weighted by Gasteiger charge is -2.16. The zero-order chi connectivity index (χ0) is 25.2. The molecular formula is C21H19F6N7O. The summed E-state index contributed by atoms with van der Waals surface area (Å²) in [6.45, 7) is 1.13. The van der Waals surface area contributed by atoms with Crippen molar-refractivity contribution in [3.8, 4) is 0 Å². The second-order valence-corrected chi connectivity index (χ2v) is 7.81. The van der Waals surface area contributed by atoms with Crippen LogP contribution in [0.1, 0.15) is 23.5 Å². The quantitative estimate of drug-likeness (QED) is 0.431.